The van der Waals surface area contributed by atoms with Crippen molar-refractivity contribution in [2.24, 2.45) is 17.8 Å². The van der Waals surface area contributed by atoms with E-state index in [9.17, 15) is 18.0 Å². The van der Waals surface area contributed by atoms with Crippen molar-refractivity contribution < 1.29 is 27.4 Å². The van der Waals surface area contributed by atoms with Gasteiger partial charge in [0.1, 0.15) is 5.75 Å². The van der Waals surface area contributed by atoms with E-state index in [-0.39, 0.29) is 23.9 Å². The molecule has 2 aliphatic heterocycles. The highest BCUT2D eigenvalue weighted by Gasteiger charge is 2.55. The van der Waals surface area contributed by atoms with Crippen molar-refractivity contribution in [1.29, 1.82) is 0 Å². The first kappa shape index (κ1) is 22.4. The zero-order valence-corrected chi connectivity index (χ0v) is 17.9. The molecule has 3 aliphatic rings. The molecular weight excluding hydrogens is 411 g/mol. The van der Waals surface area contributed by atoms with E-state index in [1.54, 1.807) is 12.1 Å². The molecule has 1 amide bonds. The van der Waals surface area contributed by atoms with Gasteiger partial charge in [-0.2, -0.15) is 0 Å². The standard InChI is InChI=1S/C22H30F3N3O3/c1-14-9-28(10-15(2)30-14)21(29)13-27-11-19-18(20(19)12-27)8-26-7-16-4-3-5-17(6-16)31-22(23,24)25/h3-6,14-15,18-20,26H,7-13H2,1-2H3. The second-order valence-corrected chi connectivity index (χ2v) is 9.07. The fourth-order valence-electron chi connectivity index (χ4n) is 5.08. The van der Waals surface area contributed by atoms with Gasteiger partial charge in [-0.05, 0) is 55.8 Å². The van der Waals surface area contributed by atoms with E-state index in [2.05, 4.69) is 15.0 Å². The van der Waals surface area contributed by atoms with Gasteiger partial charge in [-0.3, -0.25) is 9.69 Å². The van der Waals surface area contributed by atoms with Crippen molar-refractivity contribution in [3.05, 3.63) is 29.8 Å². The number of piperidine rings is 1. The summed E-state index contributed by atoms with van der Waals surface area (Å²) in [6, 6.07) is 6.06. The molecule has 3 fully saturated rings. The molecule has 2 saturated heterocycles. The summed E-state index contributed by atoms with van der Waals surface area (Å²) in [6.45, 7) is 8.99. The minimum absolute atomic E-state index is 0.0795. The Kier molecular flexibility index (Phi) is 6.46. The summed E-state index contributed by atoms with van der Waals surface area (Å²) in [4.78, 5) is 16.8. The van der Waals surface area contributed by atoms with Crippen molar-refractivity contribution in [2.75, 3.05) is 39.3 Å². The van der Waals surface area contributed by atoms with Gasteiger partial charge in [0.25, 0.3) is 0 Å². The smallest absolute Gasteiger partial charge is 0.406 e. The molecule has 1 aliphatic carbocycles. The molecule has 0 radical (unpaired) electrons. The largest absolute Gasteiger partial charge is 0.573 e. The molecule has 4 atom stereocenters. The van der Waals surface area contributed by atoms with Crippen molar-refractivity contribution >= 4 is 5.91 Å². The van der Waals surface area contributed by atoms with Crippen LogP contribution in [0.5, 0.6) is 5.75 Å². The monoisotopic (exact) mass is 441 g/mol. The predicted octanol–water partition coefficient (Wildman–Crippen LogP) is 2.49. The first-order chi connectivity index (χ1) is 14.7. The van der Waals surface area contributed by atoms with Crippen LogP contribution < -0.4 is 10.1 Å². The summed E-state index contributed by atoms with van der Waals surface area (Å²) < 4.78 is 46.7. The van der Waals surface area contributed by atoms with E-state index >= 15 is 0 Å². The van der Waals surface area contributed by atoms with E-state index in [0.29, 0.717) is 43.9 Å². The molecule has 0 aromatic heterocycles. The van der Waals surface area contributed by atoms with Gasteiger partial charge >= 0.3 is 6.36 Å². The van der Waals surface area contributed by atoms with Crippen molar-refractivity contribution in [3.63, 3.8) is 0 Å². The van der Waals surface area contributed by atoms with Gasteiger partial charge in [0.2, 0.25) is 5.91 Å². The lowest BCUT2D eigenvalue weighted by Gasteiger charge is -2.36. The number of alkyl halides is 3. The number of likely N-dealkylation sites (tertiary alicyclic amines) is 1. The van der Waals surface area contributed by atoms with Gasteiger partial charge in [0.15, 0.2) is 0 Å². The van der Waals surface area contributed by atoms with Crippen LogP contribution in [0, 0.1) is 17.8 Å². The average molecular weight is 441 g/mol. The Balaban J connectivity index is 1.16. The summed E-state index contributed by atoms with van der Waals surface area (Å²) in [7, 11) is 0. The molecule has 4 rings (SSSR count). The maximum Gasteiger partial charge on any atom is 0.573 e. The molecule has 31 heavy (non-hydrogen) atoms. The molecule has 0 bridgehead atoms. The molecule has 6 nitrogen and oxygen atoms in total. The minimum atomic E-state index is -4.68. The van der Waals surface area contributed by atoms with Crippen LogP contribution in [0.3, 0.4) is 0 Å². The van der Waals surface area contributed by atoms with Crippen molar-refractivity contribution in [2.45, 2.75) is 39.0 Å². The molecule has 1 N–H and O–H groups in total. The quantitative estimate of drug-likeness (QED) is 0.705. The minimum Gasteiger partial charge on any atom is -0.406 e. The summed E-state index contributed by atoms with van der Waals surface area (Å²) in [5.74, 6) is 1.76. The van der Waals surface area contributed by atoms with Gasteiger partial charge < -0.3 is 19.7 Å². The second-order valence-electron chi connectivity index (χ2n) is 9.07. The number of amides is 1. The second kappa shape index (κ2) is 8.96. The van der Waals surface area contributed by atoms with E-state index < -0.39 is 6.36 Å². The van der Waals surface area contributed by atoms with E-state index in [1.165, 1.54) is 12.1 Å². The third-order valence-electron chi connectivity index (χ3n) is 6.42. The Bertz CT molecular complexity index is 769. The fraction of sp³-hybridized carbons (Fsp3) is 0.682. The van der Waals surface area contributed by atoms with Gasteiger partial charge in [0.05, 0.1) is 18.8 Å². The van der Waals surface area contributed by atoms with Crippen LogP contribution in [0.1, 0.15) is 19.4 Å². The van der Waals surface area contributed by atoms with Crippen LogP contribution in [-0.4, -0.2) is 73.5 Å². The number of rotatable bonds is 7. The molecule has 1 aromatic rings. The summed E-state index contributed by atoms with van der Waals surface area (Å²) in [5, 5.41) is 3.35. The maximum atomic E-state index is 12.6. The van der Waals surface area contributed by atoms with Gasteiger partial charge in [-0.25, -0.2) is 0 Å². The number of fused-ring (bicyclic) bond motifs is 1. The number of carbonyl (C=O) groups excluding carboxylic acids is 1. The van der Waals surface area contributed by atoms with Crippen molar-refractivity contribution in [1.82, 2.24) is 15.1 Å². The normalized spacial score (nSPS) is 30.9. The number of carbonyl (C=O) groups is 1. The lowest BCUT2D eigenvalue weighted by molar-refractivity contribution is -0.274. The topological polar surface area (TPSA) is 54.0 Å². The number of hydrogen-bond donors (Lipinski definition) is 1. The fourth-order valence-corrected chi connectivity index (χ4v) is 5.08. The Morgan fingerprint density at radius 1 is 1.16 bits per heavy atom. The molecular formula is C22H30F3N3O3. The number of nitrogens with one attached hydrogen (secondary N) is 1. The predicted molar refractivity (Wildman–Crippen MR) is 108 cm³/mol. The molecule has 172 valence electrons. The third-order valence-corrected chi connectivity index (χ3v) is 6.42. The lowest BCUT2D eigenvalue weighted by atomic mass is 10.2. The number of hydrogen-bond acceptors (Lipinski definition) is 5. The van der Waals surface area contributed by atoms with E-state index in [1.807, 2.05) is 18.7 Å². The number of ether oxygens (including phenoxy) is 2. The summed E-state index contributed by atoms with van der Waals surface area (Å²) >= 11 is 0. The molecule has 4 unspecified atom stereocenters. The first-order valence-corrected chi connectivity index (χ1v) is 10.9. The number of nitrogens with zero attached hydrogens (tertiary/aromatic N) is 2. The van der Waals surface area contributed by atoms with Crippen molar-refractivity contribution in [3.8, 4) is 5.75 Å². The highest BCUT2D eigenvalue weighted by atomic mass is 19.4. The highest BCUT2D eigenvalue weighted by Crippen LogP contribution is 2.51. The maximum absolute atomic E-state index is 12.6. The number of morpholine rings is 1. The lowest BCUT2D eigenvalue weighted by Crippen LogP contribution is -2.51. The zero-order valence-electron chi connectivity index (χ0n) is 17.9. The van der Waals surface area contributed by atoms with E-state index in [0.717, 1.165) is 25.2 Å². The Labute approximate surface area is 180 Å². The molecule has 0 spiro atoms. The molecule has 2 heterocycles. The Hall–Kier alpha value is -1.84. The number of halogens is 3. The SMILES string of the molecule is CC1CN(C(=O)CN2CC3C(CNCc4cccc(OC(F)(F)F)c4)C3C2)CC(C)O1. The number of benzene rings is 1. The van der Waals surface area contributed by atoms with E-state index in [4.69, 9.17) is 4.74 Å². The van der Waals surface area contributed by atoms with Gasteiger partial charge in [-0.1, -0.05) is 12.1 Å². The van der Waals surface area contributed by atoms with Gasteiger partial charge in [-0.15, -0.1) is 13.2 Å². The van der Waals surface area contributed by atoms with Crippen LogP contribution in [0.15, 0.2) is 24.3 Å². The molecule has 1 aromatic carbocycles. The van der Waals surface area contributed by atoms with Crippen LogP contribution in [0.25, 0.3) is 0 Å². The highest BCUT2D eigenvalue weighted by molar-refractivity contribution is 5.78. The third kappa shape index (κ3) is 5.90. The average Bonchev–Trinajstić information content (AvgIpc) is 3.11. The zero-order chi connectivity index (χ0) is 22.2. The van der Waals surface area contributed by atoms with Gasteiger partial charge in [0, 0.05) is 32.7 Å². The summed E-state index contributed by atoms with van der Waals surface area (Å²) in [6.07, 6.45) is -4.52. The van der Waals surface area contributed by atoms with Crippen LogP contribution >= 0.6 is 0 Å². The van der Waals surface area contributed by atoms with Crippen LogP contribution in [0.4, 0.5) is 13.2 Å². The summed E-state index contributed by atoms with van der Waals surface area (Å²) in [5.41, 5.74) is 0.758. The molecule has 9 heteroatoms. The van der Waals surface area contributed by atoms with Crippen LogP contribution in [0.2, 0.25) is 0 Å². The first-order valence-electron chi connectivity index (χ1n) is 10.9. The molecule has 1 saturated carbocycles. The Morgan fingerprint density at radius 2 is 1.84 bits per heavy atom. The van der Waals surface area contributed by atoms with Crippen LogP contribution in [-0.2, 0) is 16.1 Å². The Morgan fingerprint density at radius 3 is 2.48 bits per heavy atom.